The van der Waals surface area contributed by atoms with Crippen LogP contribution in [0.25, 0.3) is 0 Å². The van der Waals surface area contributed by atoms with Crippen LogP contribution in [0, 0.1) is 11.3 Å². The molecule has 88 valence electrons. The van der Waals surface area contributed by atoms with E-state index in [1.807, 2.05) is 4.90 Å². The number of pyridine rings is 1. The number of nitrogens with one attached hydrogen (secondary N) is 1. The van der Waals surface area contributed by atoms with Gasteiger partial charge in [-0.2, -0.15) is 5.26 Å². The normalized spacial score (nSPS) is 21.6. The SMILES string of the molecule is COC(=O)c1ccc(CN2CC2C#N)c(=O)[nH]1. The molecule has 0 aliphatic carbocycles. The van der Waals surface area contributed by atoms with E-state index in [1.165, 1.54) is 13.2 Å². The highest BCUT2D eigenvalue weighted by Gasteiger charge is 2.34. The summed E-state index contributed by atoms with van der Waals surface area (Å²) in [4.78, 5) is 27.1. The molecule has 6 nitrogen and oxygen atoms in total. The van der Waals surface area contributed by atoms with Crippen LogP contribution < -0.4 is 5.56 Å². The van der Waals surface area contributed by atoms with Gasteiger partial charge in [-0.1, -0.05) is 0 Å². The maximum atomic E-state index is 11.6. The Bertz CT molecular complexity index is 544. The van der Waals surface area contributed by atoms with Crippen LogP contribution in [-0.4, -0.2) is 35.5 Å². The Morgan fingerprint density at radius 2 is 2.47 bits per heavy atom. The van der Waals surface area contributed by atoms with Crippen LogP contribution in [0.5, 0.6) is 0 Å². The van der Waals surface area contributed by atoms with Crippen molar-refractivity contribution in [3.05, 3.63) is 33.7 Å². The molecule has 2 rings (SSSR count). The summed E-state index contributed by atoms with van der Waals surface area (Å²) >= 11 is 0. The van der Waals surface area contributed by atoms with Crippen LogP contribution >= 0.6 is 0 Å². The Morgan fingerprint density at radius 1 is 1.71 bits per heavy atom. The average molecular weight is 233 g/mol. The molecular formula is C11H11N3O3. The number of rotatable bonds is 3. The second kappa shape index (κ2) is 4.39. The first-order valence-corrected chi connectivity index (χ1v) is 5.10. The fourth-order valence-electron chi connectivity index (χ4n) is 1.55. The van der Waals surface area contributed by atoms with Crippen molar-refractivity contribution >= 4 is 5.97 Å². The topological polar surface area (TPSA) is 86.0 Å². The Labute approximate surface area is 97.4 Å². The highest BCUT2D eigenvalue weighted by Crippen LogP contribution is 2.18. The lowest BCUT2D eigenvalue weighted by Crippen LogP contribution is -2.19. The van der Waals surface area contributed by atoms with E-state index in [2.05, 4.69) is 15.8 Å². The Balaban J connectivity index is 2.13. The van der Waals surface area contributed by atoms with Crippen molar-refractivity contribution in [3.8, 4) is 6.07 Å². The van der Waals surface area contributed by atoms with E-state index in [1.54, 1.807) is 6.07 Å². The van der Waals surface area contributed by atoms with Gasteiger partial charge in [-0.25, -0.2) is 4.79 Å². The van der Waals surface area contributed by atoms with Gasteiger partial charge < -0.3 is 9.72 Å². The molecule has 1 aliphatic heterocycles. The van der Waals surface area contributed by atoms with Crippen LogP contribution in [0.15, 0.2) is 16.9 Å². The third-order valence-electron chi connectivity index (χ3n) is 2.63. The number of esters is 1. The Kier molecular flexibility index (Phi) is 2.93. The molecule has 0 saturated carbocycles. The van der Waals surface area contributed by atoms with E-state index < -0.39 is 5.97 Å². The number of carbonyl (C=O) groups excluding carboxylic acids is 1. The molecule has 0 bridgehead atoms. The average Bonchev–Trinajstić information content (AvgIpc) is 3.09. The minimum atomic E-state index is -0.574. The fraction of sp³-hybridized carbons (Fsp3) is 0.364. The van der Waals surface area contributed by atoms with Crippen molar-refractivity contribution in [2.24, 2.45) is 0 Å². The number of nitrogens with zero attached hydrogens (tertiary/aromatic N) is 2. The lowest BCUT2D eigenvalue weighted by atomic mass is 10.2. The molecule has 0 aromatic carbocycles. The molecule has 1 aliphatic rings. The Hall–Kier alpha value is -2.13. The lowest BCUT2D eigenvalue weighted by molar-refractivity contribution is 0.0593. The molecule has 17 heavy (non-hydrogen) atoms. The van der Waals surface area contributed by atoms with Gasteiger partial charge in [-0.15, -0.1) is 0 Å². The predicted octanol–water partition coefficient (Wildman–Crippen LogP) is -0.131. The van der Waals surface area contributed by atoms with Gasteiger partial charge in [0.25, 0.3) is 5.56 Å². The molecule has 2 unspecified atom stereocenters. The van der Waals surface area contributed by atoms with E-state index in [4.69, 9.17) is 5.26 Å². The van der Waals surface area contributed by atoms with Crippen molar-refractivity contribution in [1.29, 1.82) is 5.26 Å². The van der Waals surface area contributed by atoms with Gasteiger partial charge in [0, 0.05) is 18.7 Å². The van der Waals surface area contributed by atoms with Gasteiger partial charge in [0.15, 0.2) is 0 Å². The molecule has 0 radical (unpaired) electrons. The minimum Gasteiger partial charge on any atom is -0.464 e. The Morgan fingerprint density at radius 3 is 3.00 bits per heavy atom. The molecule has 1 aromatic rings. The van der Waals surface area contributed by atoms with Crippen LogP contribution in [0.1, 0.15) is 16.1 Å². The number of hydrogen-bond donors (Lipinski definition) is 1. The third-order valence-corrected chi connectivity index (χ3v) is 2.63. The van der Waals surface area contributed by atoms with Gasteiger partial charge in [0.2, 0.25) is 0 Å². The number of H-pyrrole nitrogens is 1. The summed E-state index contributed by atoms with van der Waals surface area (Å²) in [5.74, 6) is -0.574. The molecule has 2 atom stereocenters. The smallest absolute Gasteiger partial charge is 0.354 e. The second-order valence-corrected chi connectivity index (χ2v) is 3.79. The molecule has 1 aromatic heterocycles. The summed E-state index contributed by atoms with van der Waals surface area (Å²) < 4.78 is 4.50. The first kappa shape index (κ1) is 11.4. The number of methoxy groups -OCH3 is 1. The van der Waals surface area contributed by atoms with Crippen molar-refractivity contribution in [2.45, 2.75) is 12.6 Å². The van der Waals surface area contributed by atoms with E-state index in [9.17, 15) is 9.59 Å². The largest absolute Gasteiger partial charge is 0.464 e. The van der Waals surface area contributed by atoms with Gasteiger partial charge in [-0.3, -0.25) is 9.69 Å². The molecule has 1 fully saturated rings. The van der Waals surface area contributed by atoms with Gasteiger partial charge in [0.1, 0.15) is 11.7 Å². The number of carbonyl (C=O) groups is 1. The summed E-state index contributed by atoms with van der Waals surface area (Å²) in [7, 11) is 1.25. The maximum Gasteiger partial charge on any atom is 0.354 e. The molecule has 2 heterocycles. The number of ether oxygens (including phenoxy) is 1. The molecule has 0 amide bonds. The van der Waals surface area contributed by atoms with E-state index in [-0.39, 0.29) is 17.3 Å². The molecule has 1 saturated heterocycles. The summed E-state index contributed by atoms with van der Waals surface area (Å²) in [5, 5.41) is 8.63. The van der Waals surface area contributed by atoms with E-state index in [0.29, 0.717) is 18.7 Å². The summed E-state index contributed by atoms with van der Waals surface area (Å²) in [6, 6.07) is 5.11. The van der Waals surface area contributed by atoms with Crippen molar-refractivity contribution < 1.29 is 9.53 Å². The number of aromatic nitrogens is 1. The van der Waals surface area contributed by atoms with Crippen LogP contribution in [-0.2, 0) is 11.3 Å². The third kappa shape index (κ3) is 2.34. The van der Waals surface area contributed by atoms with Gasteiger partial charge in [0.05, 0.1) is 13.2 Å². The quantitative estimate of drug-likeness (QED) is 0.580. The van der Waals surface area contributed by atoms with Gasteiger partial charge in [-0.05, 0) is 12.1 Å². The molecule has 6 heteroatoms. The molecule has 1 N–H and O–H groups in total. The van der Waals surface area contributed by atoms with Crippen molar-refractivity contribution in [2.75, 3.05) is 13.7 Å². The zero-order valence-corrected chi connectivity index (χ0v) is 9.27. The summed E-state index contributed by atoms with van der Waals surface area (Å²) in [6.07, 6.45) is 0. The van der Waals surface area contributed by atoms with Crippen molar-refractivity contribution in [1.82, 2.24) is 9.88 Å². The number of nitriles is 1. The first-order chi connectivity index (χ1) is 8.15. The molecular weight excluding hydrogens is 222 g/mol. The lowest BCUT2D eigenvalue weighted by Gasteiger charge is -2.03. The van der Waals surface area contributed by atoms with E-state index in [0.717, 1.165) is 0 Å². The zero-order chi connectivity index (χ0) is 12.4. The van der Waals surface area contributed by atoms with Crippen LogP contribution in [0.3, 0.4) is 0 Å². The highest BCUT2D eigenvalue weighted by molar-refractivity contribution is 5.86. The number of aromatic amines is 1. The van der Waals surface area contributed by atoms with Crippen molar-refractivity contribution in [3.63, 3.8) is 0 Å². The minimum absolute atomic E-state index is 0.0883. The van der Waals surface area contributed by atoms with E-state index >= 15 is 0 Å². The predicted molar refractivity (Wildman–Crippen MR) is 58.2 cm³/mol. The fourth-order valence-corrected chi connectivity index (χ4v) is 1.55. The standard InChI is InChI=1S/C11H11N3O3/c1-17-11(16)9-3-2-7(10(15)13-9)5-14-6-8(14)4-12/h2-3,8H,5-6H2,1H3,(H,13,15). The summed E-state index contributed by atoms with van der Waals surface area (Å²) in [6.45, 7) is 1.11. The highest BCUT2D eigenvalue weighted by atomic mass is 16.5. The van der Waals surface area contributed by atoms with Gasteiger partial charge >= 0.3 is 5.97 Å². The maximum absolute atomic E-state index is 11.6. The van der Waals surface area contributed by atoms with Crippen LogP contribution in [0.4, 0.5) is 0 Å². The molecule has 0 spiro atoms. The number of hydrogen-bond acceptors (Lipinski definition) is 5. The first-order valence-electron chi connectivity index (χ1n) is 5.10. The zero-order valence-electron chi connectivity index (χ0n) is 9.27. The monoisotopic (exact) mass is 233 g/mol. The summed E-state index contributed by atoms with van der Waals surface area (Å²) in [5.41, 5.74) is 0.343. The van der Waals surface area contributed by atoms with Crippen LogP contribution in [0.2, 0.25) is 0 Å². The second-order valence-electron chi connectivity index (χ2n) is 3.79.